The molecule has 0 radical (unpaired) electrons. The van der Waals surface area contributed by atoms with Crippen LogP contribution in [0.4, 0.5) is 8.78 Å². The molecular weight excluding hydrogens is 278 g/mol. The third kappa shape index (κ3) is 2.35. The molecule has 0 saturated heterocycles. The summed E-state index contributed by atoms with van der Waals surface area (Å²) in [5.74, 6) is -1.53. The van der Waals surface area contributed by atoms with E-state index in [4.69, 9.17) is 5.73 Å². The van der Waals surface area contributed by atoms with E-state index in [2.05, 4.69) is 0 Å². The topological polar surface area (TPSA) is 89.3 Å². The van der Waals surface area contributed by atoms with Gasteiger partial charge in [0.05, 0.1) is 10.3 Å². The van der Waals surface area contributed by atoms with Gasteiger partial charge in [0.25, 0.3) is 5.91 Å². The molecule has 1 amide bonds. The highest BCUT2D eigenvalue weighted by Gasteiger charge is 2.62. The fourth-order valence-electron chi connectivity index (χ4n) is 2.39. The predicted molar refractivity (Wildman–Crippen MR) is 64.9 cm³/mol. The highest BCUT2D eigenvalue weighted by atomic mass is 32.2. The zero-order chi connectivity index (χ0) is 14.6. The van der Waals surface area contributed by atoms with Gasteiger partial charge in [0.2, 0.25) is 16.4 Å². The number of alkyl halides is 2. The van der Waals surface area contributed by atoms with Gasteiger partial charge in [-0.15, -0.1) is 0 Å². The van der Waals surface area contributed by atoms with Crippen molar-refractivity contribution in [2.75, 3.05) is 0 Å². The molecule has 2 aliphatic rings. The van der Waals surface area contributed by atoms with Crippen molar-refractivity contribution in [2.45, 2.75) is 49.8 Å². The largest absolute Gasteiger partial charge is 0.317 e. The molecule has 8 heteroatoms. The molecule has 3 N–H and O–H groups in total. The Morgan fingerprint density at radius 3 is 2.42 bits per heavy atom. The molecule has 110 valence electrons. The van der Waals surface area contributed by atoms with Crippen molar-refractivity contribution in [3.05, 3.63) is 0 Å². The Balaban J connectivity index is 2.00. The molecule has 5 nitrogen and oxygen atoms in total. The SMILES string of the molecule is C[C@H]1CC1(C)S(=O)(=O)NC(=O)[C@@]1(N)C[C@H]1CC(F)F. The lowest BCUT2D eigenvalue weighted by Crippen LogP contribution is -2.49. The van der Waals surface area contributed by atoms with Crippen LogP contribution in [-0.4, -0.2) is 31.0 Å². The van der Waals surface area contributed by atoms with Crippen LogP contribution >= 0.6 is 0 Å². The summed E-state index contributed by atoms with van der Waals surface area (Å²) in [5, 5.41) is 0. The quantitative estimate of drug-likeness (QED) is 0.777. The molecule has 0 aromatic rings. The van der Waals surface area contributed by atoms with Gasteiger partial charge in [0, 0.05) is 6.42 Å². The second kappa shape index (κ2) is 4.12. The molecule has 19 heavy (non-hydrogen) atoms. The molecule has 4 atom stereocenters. The summed E-state index contributed by atoms with van der Waals surface area (Å²) in [5.41, 5.74) is 4.22. The van der Waals surface area contributed by atoms with Crippen LogP contribution in [0.1, 0.15) is 33.1 Å². The van der Waals surface area contributed by atoms with Crippen LogP contribution in [0.15, 0.2) is 0 Å². The lowest BCUT2D eigenvalue weighted by atomic mass is 10.1. The zero-order valence-electron chi connectivity index (χ0n) is 10.8. The number of nitrogens with one attached hydrogen (secondary N) is 1. The van der Waals surface area contributed by atoms with Gasteiger partial charge < -0.3 is 5.73 Å². The molecule has 0 aromatic carbocycles. The third-order valence-corrected chi connectivity index (χ3v) is 6.72. The smallest absolute Gasteiger partial charge is 0.253 e. The Hall–Kier alpha value is -0.760. The fraction of sp³-hybridized carbons (Fsp3) is 0.909. The normalized spacial score (nSPS) is 41.2. The molecule has 0 bridgehead atoms. The van der Waals surface area contributed by atoms with E-state index in [1.165, 1.54) is 0 Å². The number of halogens is 2. The minimum atomic E-state index is -3.80. The van der Waals surface area contributed by atoms with E-state index in [-0.39, 0.29) is 12.3 Å². The molecule has 2 saturated carbocycles. The summed E-state index contributed by atoms with van der Waals surface area (Å²) >= 11 is 0. The van der Waals surface area contributed by atoms with E-state index < -0.39 is 45.0 Å². The lowest BCUT2D eigenvalue weighted by Gasteiger charge is -2.16. The third-order valence-electron chi connectivity index (χ3n) is 4.47. The number of carbonyl (C=O) groups is 1. The summed E-state index contributed by atoms with van der Waals surface area (Å²) < 4.78 is 49.4. The van der Waals surface area contributed by atoms with Crippen molar-refractivity contribution in [2.24, 2.45) is 17.6 Å². The zero-order valence-corrected chi connectivity index (χ0v) is 11.6. The van der Waals surface area contributed by atoms with E-state index >= 15 is 0 Å². The van der Waals surface area contributed by atoms with Crippen LogP contribution in [0, 0.1) is 11.8 Å². The molecule has 1 unspecified atom stereocenters. The van der Waals surface area contributed by atoms with Gasteiger partial charge in [-0.05, 0) is 31.6 Å². The molecule has 0 aliphatic heterocycles. The number of rotatable bonds is 5. The molecular formula is C11H18F2N2O3S. The molecule has 0 heterocycles. The predicted octanol–water partition coefficient (Wildman–Crippen LogP) is 0.603. The number of hydrogen-bond acceptors (Lipinski definition) is 4. The molecule has 0 spiro atoms. The maximum absolute atomic E-state index is 12.2. The lowest BCUT2D eigenvalue weighted by molar-refractivity contribution is -0.121. The molecule has 2 aliphatic carbocycles. The van der Waals surface area contributed by atoms with Crippen molar-refractivity contribution < 1.29 is 22.0 Å². The summed E-state index contributed by atoms with van der Waals surface area (Å²) in [7, 11) is -3.80. The average molecular weight is 296 g/mol. The summed E-state index contributed by atoms with van der Waals surface area (Å²) in [6.45, 7) is 3.33. The first-order valence-electron chi connectivity index (χ1n) is 6.17. The van der Waals surface area contributed by atoms with Crippen molar-refractivity contribution in [1.29, 1.82) is 0 Å². The van der Waals surface area contributed by atoms with Crippen molar-refractivity contribution in [3.63, 3.8) is 0 Å². The maximum Gasteiger partial charge on any atom is 0.253 e. The van der Waals surface area contributed by atoms with Gasteiger partial charge in [0.15, 0.2) is 0 Å². The standard InChI is InChI=1S/C11H18F2N2O3S/c1-6-4-10(6,2)19(17,18)15-9(16)11(14)5-7(11)3-8(12)13/h6-8H,3-5,14H2,1-2H3,(H,15,16)/t6-,7+,10?,11+/m0/s1. The first-order chi connectivity index (χ1) is 8.53. The molecule has 2 rings (SSSR count). The van der Waals surface area contributed by atoms with E-state index in [0.29, 0.717) is 6.42 Å². The van der Waals surface area contributed by atoms with Crippen LogP contribution < -0.4 is 10.5 Å². The minimum Gasteiger partial charge on any atom is -0.317 e. The van der Waals surface area contributed by atoms with Gasteiger partial charge in [-0.25, -0.2) is 17.2 Å². The van der Waals surface area contributed by atoms with Crippen LogP contribution in [-0.2, 0) is 14.8 Å². The Bertz CT molecular complexity index is 510. The van der Waals surface area contributed by atoms with Gasteiger partial charge in [-0.3, -0.25) is 9.52 Å². The summed E-state index contributed by atoms with van der Waals surface area (Å²) in [6, 6.07) is 0. The van der Waals surface area contributed by atoms with E-state index in [0.717, 1.165) is 0 Å². The Kier molecular flexibility index (Phi) is 3.17. The Morgan fingerprint density at radius 1 is 1.47 bits per heavy atom. The summed E-state index contributed by atoms with van der Waals surface area (Å²) in [4.78, 5) is 11.9. The Morgan fingerprint density at radius 2 is 2.00 bits per heavy atom. The van der Waals surface area contributed by atoms with Crippen molar-refractivity contribution in [1.82, 2.24) is 4.72 Å². The average Bonchev–Trinajstić information content (AvgIpc) is 3.06. The number of amides is 1. The second-order valence-corrected chi connectivity index (χ2v) is 8.06. The second-order valence-electron chi connectivity index (χ2n) is 5.92. The number of hydrogen-bond donors (Lipinski definition) is 2. The van der Waals surface area contributed by atoms with Gasteiger partial charge in [-0.1, -0.05) is 6.92 Å². The van der Waals surface area contributed by atoms with Crippen LogP contribution in [0.3, 0.4) is 0 Å². The highest BCUT2D eigenvalue weighted by Crippen LogP contribution is 2.50. The highest BCUT2D eigenvalue weighted by molar-refractivity contribution is 7.91. The maximum atomic E-state index is 12.2. The first-order valence-corrected chi connectivity index (χ1v) is 7.65. The molecule has 2 fully saturated rings. The Labute approximate surface area is 111 Å². The van der Waals surface area contributed by atoms with Crippen LogP contribution in [0.25, 0.3) is 0 Å². The number of nitrogens with two attached hydrogens (primary N) is 1. The monoisotopic (exact) mass is 296 g/mol. The fourth-order valence-corrected chi connectivity index (χ4v) is 4.06. The number of carbonyl (C=O) groups excluding carboxylic acids is 1. The minimum absolute atomic E-state index is 0.0254. The first kappa shape index (κ1) is 14.6. The molecule has 0 aromatic heterocycles. The van der Waals surface area contributed by atoms with E-state index in [1.807, 2.05) is 4.72 Å². The summed E-state index contributed by atoms with van der Waals surface area (Å²) in [6.07, 6.45) is -2.43. The van der Waals surface area contributed by atoms with Crippen LogP contribution in [0.2, 0.25) is 0 Å². The van der Waals surface area contributed by atoms with Gasteiger partial charge in [0.1, 0.15) is 0 Å². The van der Waals surface area contributed by atoms with Gasteiger partial charge in [-0.2, -0.15) is 0 Å². The van der Waals surface area contributed by atoms with Crippen molar-refractivity contribution in [3.8, 4) is 0 Å². The van der Waals surface area contributed by atoms with Crippen molar-refractivity contribution >= 4 is 15.9 Å². The van der Waals surface area contributed by atoms with Crippen LogP contribution in [0.5, 0.6) is 0 Å². The number of sulfonamides is 1. The van der Waals surface area contributed by atoms with Gasteiger partial charge >= 0.3 is 0 Å². The van der Waals surface area contributed by atoms with E-state index in [1.54, 1.807) is 13.8 Å². The van der Waals surface area contributed by atoms with E-state index in [9.17, 15) is 22.0 Å².